The lowest BCUT2D eigenvalue weighted by Crippen LogP contribution is -2.47. The van der Waals surface area contributed by atoms with Gasteiger partial charge in [0, 0.05) is 16.6 Å². The van der Waals surface area contributed by atoms with Gasteiger partial charge < -0.3 is 10.6 Å². The van der Waals surface area contributed by atoms with Crippen molar-refractivity contribution < 1.29 is 4.79 Å². The molecule has 4 heteroatoms. The first kappa shape index (κ1) is 12.0. The highest BCUT2D eigenvalue weighted by Gasteiger charge is 2.18. The molecule has 2 N–H and O–H groups in total. The van der Waals surface area contributed by atoms with E-state index in [0.717, 1.165) is 5.69 Å². The van der Waals surface area contributed by atoms with Crippen LogP contribution in [-0.4, -0.2) is 17.5 Å². The highest BCUT2D eigenvalue weighted by atomic mass is 32.1. The Kier molecular flexibility index (Phi) is 3.74. The van der Waals surface area contributed by atoms with Gasteiger partial charge in [0.05, 0.1) is 0 Å². The minimum absolute atomic E-state index is 0.0219. The van der Waals surface area contributed by atoms with E-state index in [1.165, 1.54) is 0 Å². The van der Waals surface area contributed by atoms with Crippen molar-refractivity contribution in [1.29, 1.82) is 0 Å². The van der Waals surface area contributed by atoms with Crippen LogP contribution in [0.3, 0.4) is 0 Å². The summed E-state index contributed by atoms with van der Waals surface area (Å²) in [6.45, 7) is 7.78. The second-order valence-electron chi connectivity index (χ2n) is 4.62. The third-order valence-electron chi connectivity index (χ3n) is 1.80. The standard InChI is InChI=1S/C11H18N2OS/c1-8(10(14)13-11(2,3)4)12-9-5-6-15-7-9/h5-8,12H,1-4H3,(H,13,14). The fraction of sp³-hybridized carbons (Fsp3) is 0.545. The molecule has 1 amide bonds. The Balaban J connectivity index is 2.47. The molecule has 3 nitrogen and oxygen atoms in total. The molecule has 84 valence electrons. The van der Waals surface area contributed by atoms with Gasteiger partial charge >= 0.3 is 0 Å². The Labute approximate surface area is 94.9 Å². The number of nitrogens with one attached hydrogen (secondary N) is 2. The summed E-state index contributed by atoms with van der Waals surface area (Å²) in [6.07, 6.45) is 0. The van der Waals surface area contributed by atoms with Gasteiger partial charge in [-0.1, -0.05) is 0 Å². The van der Waals surface area contributed by atoms with Gasteiger partial charge in [0.15, 0.2) is 0 Å². The lowest BCUT2D eigenvalue weighted by molar-refractivity contribution is -0.122. The molecule has 0 saturated heterocycles. The van der Waals surface area contributed by atoms with Crippen molar-refractivity contribution in [2.45, 2.75) is 39.3 Å². The molecular weight excluding hydrogens is 208 g/mol. The van der Waals surface area contributed by atoms with E-state index < -0.39 is 0 Å². The van der Waals surface area contributed by atoms with Crippen molar-refractivity contribution in [2.24, 2.45) is 0 Å². The van der Waals surface area contributed by atoms with Crippen LogP contribution >= 0.6 is 11.3 Å². The molecule has 0 saturated carbocycles. The van der Waals surface area contributed by atoms with E-state index in [1.54, 1.807) is 11.3 Å². The first-order chi connectivity index (χ1) is 6.88. The minimum Gasteiger partial charge on any atom is -0.373 e. The molecule has 0 aromatic carbocycles. The zero-order valence-corrected chi connectivity index (χ0v) is 10.4. The molecule has 1 rings (SSSR count). The lowest BCUT2D eigenvalue weighted by atomic mass is 10.1. The number of carbonyl (C=O) groups is 1. The maximum Gasteiger partial charge on any atom is 0.242 e. The first-order valence-electron chi connectivity index (χ1n) is 4.99. The van der Waals surface area contributed by atoms with Gasteiger partial charge in [0.1, 0.15) is 6.04 Å². The molecule has 1 aromatic rings. The zero-order valence-electron chi connectivity index (χ0n) is 9.63. The molecule has 1 unspecified atom stereocenters. The van der Waals surface area contributed by atoms with Gasteiger partial charge in [0.2, 0.25) is 5.91 Å². The van der Waals surface area contributed by atoms with E-state index in [-0.39, 0.29) is 17.5 Å². The second-order valence-corrected chi connectivity index (χ2v) is 5.40. The number of rotatable bonds is 3. The van der Waals surface area contributed by atoms with Gasteiger partial charge in [0.25, 0.3) is 0 Å². The van der Waals surface area contributed by atoms with Crippen LogP contribution < -0.4 is 10.6 Å². The molecule has 15 heavy (non-hydrogen) atoms. The topological polar surface area (TPSA) is 41.1 Å². The van der Waals surface area contributed by atoms with Crippen molar-refractivity contribution in [3.8, 4) is 0 Å². The molecule has 0 fully saturated rings. The van der Waals surface area contributed by atoms with Gasteiger partial charge in [-0.25, -0.2) is 0 Å². The summed E-state index contributed by atoms with van der Waals surface area (Å²) in [5, 5.41) is 10.0. The average Bonchev–Trinajstić information content (AvgIpc) is 2.53. The van der Waals surface area contributed by atoms with Gasteiger partial charge in [-0.2, -0.15) is 11.3 Å². The smallest absolute Gasteiger partial charge is 0.242 e. The summed E-state index contributed by atoms with van der Waals surface area (Å²) in [6, 6.07) is 1.75. The quantitative estimate of drug-likeness (QED) is 0.831. The Bertz CT molecular complexity index is 314. The summed E-state index contributed by atoms with van der Waals surface area (Å²) in [4.78, 5) is 11.7. The van der Waals surface area contributed by atoms with E-state index in [1.807, 2.05) is 44.5 Å². The monoisotopic (exact) mass is 226 g/mol. The fourth-order valence-corrected chi connectivity index (χ4v) is 1.74. The average molecular weight is 226 g/mol. The molecule has 1 aromatic heterocycles. The van der Waals surface area contributed by atoms with Crippen molar-refractivity contribution in [3.05, 3.63) is 16.8 Å². The minimum atomic E-state index is -0.209. The molecule has 1 heterocycles. The molecule has 0 aliphatic carbocycles. The van der Waals surface area contributed by atoms with Gasteiger partial charge in [-0.3, -0.25) is 4.79 Å². The molecule has 0 spiro atoms. The number of anilines is 1. The third-order valence-corrected chi connectivity index (χ3v) is 2.48. The normalized spacial score (nSPS) is 13.3. The van der Waals surface area contributed by atoms with Crippen LogP contribution in [0.4, 0.5) is 5.69 Å². The van der Waals surface area contributed by atoms with E-state index in [4.69, 9.17) is 0 Å². The van der Waals surface area contributed by atoms with Crippen molar-refractivity contribution in [2.75, 3.05) is 5.32 Å². The van der Waals surface area contributed by atoms with Gasteiger partial charge in [-0.15, -0.1) is 0 Å². The molecular formula is C11H18N2OS. The number of hydrogen-bond acceptors (Lipinski definition) is 3. The summed E-state index contributed by atoms with van der Waals surface area (Å²) < 4.78 is 0. The molecule has 0 aliphatic rings. The van der Waals surface area contributed by atoms with Gasteiger partial charge in [-0.05, 0) is 39.1 Å². The maximum atomic E-state index is 11.7. The Morgan fingerprint density at radius 2 is 2.13 bits per heavy atom. The third kappa shape index (κ3) is 4.34. The van der Waals surface area contributed by atoms with Crippen molar-refractivity contribution >= 4 is 22.9 Å². The van der Waals surface area contributed by atoms with Crippen molar-refractivity contribution in [3.63, 3.8) is 0 Å². The Morgan fingerprint density at radius 3 is 2.60 bits per heavy atom. The number of hydrogen-bond donors (Lipinski definition) is 2. The Hall–Kier alpha value is -1.03. The van der Waals surface area contributed by atoms with Crippen LogP contribution in [0.2, 0.25) is 0 Å². The Morgan fingerprint density at radius 1 is 1.47 bits per heavy atom. The SMILES string of the molecule is CC(Nc1ccsc1)C(=O)NC(C)(C)C. The van der Waals surface area contributed by atoms with Crippen LogP contribution in [0.25, 0.3) is 0 Å². The van der Waals surface area contributed by atoms with Crippen LogP contribution in [0.5, 0.6) is 0 Å². The van der Waals surface area contributed by atoms with Crippen LogP contribution in [-0.2, 0) is 4.79 Å². The number of thiophene rings is 1. The van der Waals surface area contributed by atoms with Crippen LogP contribution in [0, 0.1) is 0 Å². The van der Waals surface area contributed by atoms with E-state index in [2.05, 4.69) is 10.6 Å². The molecule has 0 radical (unpaired) electrons. The predicted molar refractivity (Wildman–Crippen MR) is 65.3 cm³/mol. The highest BCUT2D eigenvalue weighted by molar-refractivity contribution is 7.08. The number of carbonyl (C=O) groups excluding carboxylic acids is 1. The predicted octanol–water partition coefficient (Wildman–Crippen LogP) is 2.46. The molecule has 0 bridgehead atoms. The van der Waals surface area contributed by atoms with E-state index >= 15 is 0 Å². The molecule has 0 aliphatic heterocycles. The van der Waals surface area contributed by atoms with Crippen molar-refractivity contribution in [1.82, 2.24) is 5.32 Å². The summed E-state index contributed by atoms with van der Waals surface area (Å²) in [5.74, 6) is 0.0219. The fourth-order valence-electron chi connectivity index (χ4n) is 1.14. The zero-order chi connectivity index (χ0) is 11.5. The summed E-state index contributed by atoms with van der Waals surface area (Å²) >= 11 is 1.61. The number of amides is 1. The summed E-state index contributed by atoms with van der Waals surface area (Å²) in [5.41, 5.74) is 0.818. The lowest BCUT2D eigenvalue weighted by Gasteiger charge is -2.23. The van der Waals surface area contributed by atoms with E-state index in [0.29, 0.717) is 0 Å². The second kappa shape index (κ2) is 4.66. The first-order valence-corrected chi connectivity index (χ1v) is 5.93. The highest BCUT2D eigenvalue weighted by Crippen LogP contribution is 2.13. The molecule has 1 atom stereocenters. The van der Waals surface area contributed by atoms with Crippen LogP contribution in [0.15, 0.2) is 16.8 Å². The van der Waals surface area contributed by atoms with Crippen LogP contribution in [0.1, 0.15) is 27.7 Å². The largest absolute Gasteiger partial charge is 0.373 e. The summed E-state index contributed by atoms with van der Waals surface area (Å²) in [7, 11) is 0. The maximum absolute atomic E-state index is 11.7. The van der Waals surface area contributed by atoms with E-state index in [9.17, 15) is 4.79 Å².